The summed E-state index contributed by atoms with van der Waals surface area (Å²) in [4.78, 5) is 19.4. The smallest absolute Gasteiger partial charge is 0.263 e. The van der Waals surface area contributed by atoms with Crippen LogP contribution < -0.4 is 9.86 Å². The van der Waals surface area contributed by atoms with E-state index in [9.17, 15) is 21.6 Å². The molecule has 0 spiro atoms. The third-order valence-electron chi connectivity index (χ3n) is 6.53. The largest absolute Gasteiger partial charge is 0.341 e. The van der Waals surface area contributed by atoms with E-state index in [1.807, 2.05) is 59.1 Å². The first-order valence-electron chi connectivity index (χ1n) is 13.7. The van der Waals surface area contributed by atoms with E-state index in [2.05, 4.69) is 16.6 Å². The lowest BCUT2D eigenvalue weighted by Gasteiger charge is -2.26. The van der Waals surface area contributed by atoms with Crippen molar-refractivity contribution in [2.45, 2.75) is 36.0 Å². The number of carbonyl (C=O) groups excluding carboxylic acids is 1. The van der Waals surface area contributed by atoms with E-state index in [0.717, 1.165) is 59.0 Å². The molecule has 5 rings (SSSR count). The maximum Gasteiger partial charge on any atom is 0.263 e. The second kappa shape index (κ2) is 15.0. The van der Waals surface area contributed by atoms with Gasteiger partial charge in [-0.2, -0.15) is 11.8 Å². The van der Waals surface area contributed by atoms with Crippen LogP contribution in [-0.2, 0) is 37.7 Å². The summed E-state index contributed by atoms with van der Waals surface area (Å²) < 4.78 is 49.7. The Morgan fingerprint density at radius 2 is 1.49 bits per heavy atom. The van der Waals surface area contributed by atoms with Crippen LogP contribution in [0.25, 0.3) is 11.1 Å². The molecular weight excluding hydrogens is 625 g/mol. The molecule has 0 saturated carbocycles. The van der Waals surface area contributed by atoms with Crippen molar-refractivity contribution in [1.82, 2.24) is 9.88 Å². The lowest BCUT2D eigenvalue weighted by molar-refractivity contribution is -0.130. The van der Waals surface area contributed by atoms with E-state index >= 15 is 0 Å². The summed E-state index contributed by atoms with van der Waals surface area (Å²) in [5.41, 5.74) is 3.12. The number of nitrogens with one attached hydrogen (secondary N) is 1. The maximum atomic E-state index is 12.5. The summed E-state index contributed by atoms with van der Waals surface area (Å²) in [5, 5.41) is 5.30. The predicted molar refractivity (Wildman–Crippen MR) is 174 cm³/mol. The number of benzene rings is 3. The Kier molecular flexibility index (Phi) is 11.4. The van der Waals surface area contributed by atoms with Gasteiger partial charge in [-0.1, -0.05) is 67.9 Å². The second-order valence-corrected chi connectivity index (χ2v) is 15.3. The van der Waals surface area contributed by atoms with Crippen LogP contribution in [0.3, 0.4) is 0 Å². The number of anilines is 1. The molecule has 1 fully saturated rings. The molecule has 0 aliphatic carbocycles. The fraction of sp³-hybridized carbons (Fsp3) is 0.267. The molecule has 1 aromatic heterocycles. The van der Waals surface area contributed by atoms with Crippen molar-refractivity contribution >= 4 is 54.2 Å². The summed E-state index contributed by atoms with van der Waals surface area (Å²) in [7, 11) is -7.28. The number of hydrogen-bond donors (Lipinski definition) is 2. The van der Waals surface area contributed by atoms with Crippen LogP contribution in [0.15, 0.2) is 94.9 Å². The first-order valence-corrected chi connectivity index (χ1v) is 18.7. The van der Waals surface area contributed by atoms with Gasteiger partial charge in [0.25, 0.3) is 10.0 Å². The van der Waals surface area contributed by atoms with Gasteiger partial charge in [0.15, 0.2) is 5.13 Å². The molecule has 43 heavy (non-hydrogen) atoms. The molecule has 4 aromatic rings. The highest BCUT2D eigenvalue weighted by Gasteiger charge is 2.20. The normalized spacial score (nSPS) is 13.6. The number of nitrogens with zero attached hydrogens (tertiary/aromatic N) is 2. The number of thioether (sulfide) groups is 1. The van der Waals surface area contributed by atoms with Gasteiger partial charge in [-0.05, 0) is 47.4 Å². The topological polar surface area (TPSA) is 140 Å². The van der Waals surface area contributed by atoms with Crippen molar-refractivity contribution in [1.29, 1.82) is 0 Å². The van der Waals surface area contributed by atoms with E-state index in [4.69, 9.17) is 5.14 Å². The van der Waals surface area contributed by atoms with Crippen molar-refractivity contribution in [3.05, 3.63) is 95.5 Å². The Balaban J connectivity index is 0.000000225. The Bertz CT molecular complexity index is 1700. The first kappa shape index (κ1) is 32.7. The Morgan fingerprint density at radius 3 is 2.09 bits per heavy atom. The second-order valence-electron chi connectivity index (χ2n) is 9.74. The molecule has 3 aromatic carbocycles. The number of thiazole rings is 1. The number of aryl methyl sites for hydroxylation is 1. The first-order chi connectivity index (χ1) is 20.5. The predicted octanol–water partition coefficient (Wildman–Crippen LogP) is 5.02. The summed E-state index contributed by atoms with van der Waals surface area (Å²) in [5.74, 6) is 2.01. The Labute approximate surface area is 261 Å². The van der Waals surface area contributed by atoms with Crippen molar-refractivity contribution in [2.24, 2.45) is 5.14 Å². The van der Waals surface area contributed by atoms with Crippen LogP contribution in [0.5, 0.6) is 0 Å². The van der Waals surface area contributed by atoms with Crippen LogP contribution >= 0.6 is 23.1 Å². The zero-order valence-corrected chi connectivity index (χ0v) is 26.9. The zero-order chi connectivity index (χ0) is 30.9. The lowest BCUT2D eigenvalue weighted by Crippen LogP contribution is -2.38. The number of amides is 1. The van der Waals surface area contributed by atoms with Gasteiger partial charge < -0.3 is 4.90 Å². The van der Waals surface area contributed by atoms with Crippen LogP contribution in [0.2, 0.25) is 0 Å². The van der Waals surface area contributed by atoms with Gasteiger partial charge in [0.2, 0.25) is 15.9 Å². The SMILES string of the molecule is CCCc1ccc(S(=O)(=O)Nc2ncc(CC(=O)N3CCSCC3)s2)cc1.NS(=O)(=O)c1ccc(-c2ccccc2)cc1. The highest BCUT2D eigenvalue weighted by atomic mass is 32.2. The van der Waals surface area contributed by atoms with Crippen molar-refractivity contribution in [3.8, 4) is 11.1 Å². The van der Waals surface area contributed by atoms with Crippen molar-refractivity contribution in [2.75, 3.05) is 29.3 Å². The standard InChI is InChI=1S/C18H23N3O3S3.C12H11NO2S/c1-2-3-14-4-6-16(7-5-14)27(23,24)20-18-19-13-15(26-18)12-17(22)21-8-10-25-11-9-21;13-16(14,15)12-8-6-11(7-9-12)10-4-2-1-3-5-10/h4-7,13H,2-3,8-12H2,1H3,(H,19,20);1-9H,(H2,13,14,15). The molecule has 0 unspecified atom stereocenters. The Morgan fingerprint density at radius 1 is 0.884 bits per heavy atom. The maximum absolute atomic E-state index is 12.5. The lowest BCUT2D eigenvalue weighted by atomic mass is 10.1. The number of hydrogen-bond acceptors (Lipinski definition) is 8. The van der Waals surface area contributed by atoms with Crippen molar-refractivity contribution < 1.29 is 21.6 Å². The summed E-state index contributed by atoms with van der Waals surface area (Å²) in [6.45, 7) is 3.63. The minimum Gasteiger partial charge on any atom is -0.341 e. The molecule has 0 bridgehead atoms. The third kappa shape index (κ3) is 9.63. The number of rotatable bonds is 9. The van der Waals surface area contributed by atoms with Gasteiger partial charge in [-0.25, -0.2) is 27.0 Å². The monoisotopic (exact) mass is 658 g/mol. The molecule has 2 heterocycles. The summed E-state index contributed by atoms with van der Waals surface area (Å²) in [6.07, 6.45) is 3.77. The van der Waals surface area contributed by atoms with Crippen LogP contribution in [0, 0.1) is 0 Å². The molecular formula is C30H34N4O5S4. The highest BCUT2D eigenvalue weighted by molar-refractivity contribution is 7.99. The van der Waals surface area contributed by atoms with E-state index < -0.39 is 20.0 Å². The van der Waals surface area contributed by atoms with E-state index in [1.54, 1.807) is 30.5 Å². The quantitative estimate of drug-likeness (QED) is 0.258. The van der Waals surface area contributed by atoms with E-state index in [-0.39, 0.29) is 27.3 Å². The van der Waals surface area contributed by atoms with Crippen LogP contribution in [0.1, 0.15) is 23.8 Å². The molecule has 1 saturated heterocycles. The molecule has 3 N–H and O–H groups in total. The third-order valence-corrected chi connectivity index (χ3v) is 10.8. The van der Waals surface area contributed by atoms with E-state index in [1.165, 1.54) is 23.5 Å². The number of primary sulfonamides is 1. The fourth-order valence-corrected chi connectivity index (χ4v) is 7.74. The summed E-state index contributed by atoms with van der Waals surface area (Å²) in [6, 6.07) is 23.1. The molecule has 1 aliphatic rings. The van der Waals surface area contributed by atoms with Crippen LogP contribution in [0.4, 0.5) is 5.13 Å². The van der Waals surface area contributed by atoms with Gasteiger partial charge >= 0.3 is 0 Å². The van der Waals surface area contributed by atoms with Gasteiger partial charge in [0.05, 0.1) is 16.2 Å². The molecule has 13 heteroatoms. The molecule has 1 amide bonds. The van der Waals surface area contributed by atoms with Gasteiger partial charge in [0.1, 0.15) is 0 Å². The minimum atomic E-state index is -3.68. The molecule has 1 aliphatic heterocycles. The zero-order valence-electron chi connectivity index (χ0n) is 23.7. The molecule has 228 valence electrons. The molecule has 0 atom stereocenters. The van der Waals surface area contributed by atoms with Crippen molar-refractivity contribution in [3.63, 3.8) is 0 Å². The average molecular weight is 659 g/mol. The average Bonchev–Trinajstić information content (AvgIpc) is 3.44. The molecule has 0 radical (unpaired) electrons. The number of carbonyl (C=O) groups is 1. The van der Waals surface area contributed by atoms with Crippen LogP contribution in [-0.4, -0.2) is 57.2 Å². The minimum absolute atomic E-state index is 0.0693. The number of nitrogens with two attached hydrogens (primary N) is 1. The number of sulfonamides is 2. The van der Waals surface area contributed by atoms with Gasteiger partial charge in [-0.15, -0.1) is 11.3 Å². The Hall–Kier alpha value is -3.23. The van der Waals surface area contributed by atoms with Gasteiger partial charge in [0, 0.05) is 35.7 Å². The highest BCUT2D eigenvalue weighted by Crippen LogP contribution is 2.24. The van der Waals surface area contributed by atoms with Gasteiger partial charge in [-0.3, -0.25) is 9.52 Å². The van der Waals surface area contributed by atoms with E-state index in [0.29, 0.717) is 0 Å². The fourth-order valence-electron chi connectivity index (χ4n) is 4.28. The summed E-state index contributed by atoms with van der Waals surface area (Å²) >= 11 is 3.06. The number of aromatic nitrogens is 1. The molecule has 9 nitrogen and oxygen atoms in total.